The molecule has 1 atom stereocenters. The summed E-state index contributed by atoms with van der Waals surface area (Å²) in [6, 6.07) is 6.15. The van der Waals surface area contributed by atoms with Crippen LogP contribution in [-0.2, 0) is 4.79 Å². The quantitative estimate of drug-likeness (QED) is 0.754. The fourth-order valence-electron chi connectivity index (χ4n) is 3.67. The third-order valence-corrected chi connectivity index (χ3v) is 5.21. The van der Waals surface area contributed by atoms with Gasteiger partial charge in [0, 0.05) is 12.0 Å². The van der Waals surface area contributed by atoms with Crippen LogP contribution in [0, 0.1) is 5.92 Å². The summed E-state index contributed by atoms with van der Waals surface area (Å²) in [5.41, 5.74) is 1.13. The molecule has 5 nitrogen and oxygen atoms in total. The van der Waals surface area contributed by atoms with Gasteiger partial charge in [0.15, 0.2) is 11.5 Å². The monoisotopic (exact) mass is 349 g/mol. The van der Waals surface area contributed by atoms with Crippen LogP contribution in [0.3, 0.4) is 0 Å². The van der Waals surface area contributed by atoms with Crippen LogP contribution in [0.2, 0.25) is 0 Å². The summed E-state index contributed by atoms with van der Waals surface area (Å²) < 4.78 is 10.7. The molecule has 0 aliphatic heterocycles. The van der Waals surface area contributed by atoms with Crippen LogP contribution < -0.4 is 19.7 Å². The molecule has 0 bridgehead atoms. The number of rotatable bonds is 8. The summed E-state index contributed by atoms with van der Waals surface area (Å²) in [7, 11) is 7.49. The molecule has 0 spiro atoms. The number of benzene rings is 1. The third-order valence-electron chi connectivity index (χ3n) is 5.21. The van der Waals surface area contributed by atoms with Gasteiger partial charge in [-0.3, -0.25) is 4.79 Å². The normalized spacial score (nSPS) is 16.5. The van der Waals surface area contributed by atoms with Gasteiger partial charge in [-0.2, -0.15) is 0 Å². The van der Waals surface area contributed by atoms with Gasteiger partial charge in [-0.05, 0) is 37.0 Å². The number of likely N-dealkylation sites (N-methyl/N-ethyl adjacent to an activating group) is 1. The second kappa shape index (κ2) is 9.66. The minimum Gasteiger partial charge on any atom is -0.493 e. The number of nitrogens with one attached hydrogen (secondary N) is 2. The lowest BCUT2D eigenvalue weighted by atomic mass is 9.87. The minimum atomic E-state index is 0.176. The zero-order valence-electron chi connectivity index (χ0n) is 16.1. The molecule has 1 aliphatic rings. The van der Waals surface area contributed by atoms with Crippen molar-refractivity contribution < 1.29 is 19.2 Å². The zero-order chi connectivity index (χ0) is 18.2. The molecule has 0 radical (unpaired) electrons. The molecule has 1 aromatic rings. The van der Waals surface area contributed by atoms with E-state index in [0.717, 1.165) is 17.1 Å². The molecule has 5 heteroatoms. The Morgan fingerprint density at radius 3 is 2.44 bits per heavy atom. The van der Waals surface area contributed by atoms with Crippen LogP contribution >= 0.6 is 0 Å². The first-order valence-corrected chi connectivity index (χ1v) is 9.33. The Labute approximate surface area is 151 Å². The first-order chi connectivity index (χ1) is 12.0. The molecule has 25 heavy (non-hydrogen) atoms. The number of quaternary nitrogens is 1. The maximum absolute atomic E-state index is 12.3. The van der Waals surface area contributed by atoms with Crippen LogP contribution in [0.25, 0.3) is 0 Å². The molecule has 0 saturated heterocycles. The van der Waals surface area contributed by atoms with Crippen molar-refractivity contribution in [3.8, 4) is 11.5 Å². The van der Waals surface area contributed by atoms with Crippen LogP contribution in [0.5, 0.6) is 11.5 Å². The Morgan fingerprint density at radius 1 is 1.16 bits per heavy atom. The summed E-state index contributed by atoms with van der Waals surface area (Å²) in [5, 5.41) is 3.14. The van der Waals surface area contributed by atoms with E-state index >= 15 is 0 Å². The summed E-state index contributed by atoms with van der Waals surface area (Å²) >= 11 is 0. The summed E-state index contributed by atoms with van der Waals surface area (Å²) in [6.07, 6.45) is 6.93. The van der Waals surface area contributed by atoms with Crippen molar-refractivity contribution in [2.24, 2.45) is 5.92 Å². The van der Waals surface area contributed by atoms with E-state index in [1.807, 2.05) is 18.2 Å². The minimum absolute atomic E-state index is 0.176. The second-order valence-corrected chi connectivity index (χ2v) is 7.26. The van der Waals surface area contributed by atoms with E-state index in [9.17, 15) is 4.79 Å². The Morgan fingerprint density at radius 2 is 1.84 bits per heavy atom. The van der Waals surface area contributed by atoms with E-state index in [1.165, 1.54) is 37.0 Å². The summed E-state index contributed by atoms with van der Waals surface area (Å²) in [6.45, 7) is 0.628. The molecule has 1 amide bonds. The molecule has 1 aromatic carbocycles. The molecule has 0 heterocycles. The number of methoxy groups -OCH3 is 2. The molecule has 1 aliphatic carbocycles. The first kappa shape index (κ1) is 19.6. The van der Waals surface area contributed by atoms with Gasteiger partial charge in [0.2, 0.25) is 5.91 Å². The highest BCUT2D eigenvalue weighted by Crippen LogP contribution is 2.29. The Bertz CT molecular complexity index is 554. The van der Waals surface area contributed by atoms with Gasteiger partial charge in [0.1, 0.15) is 6.04 Å². The number of hydrogen-bond donors (Lipinski definition) is 2. The molecule has 2 N–H and O–H groups in total. The smallest absolute Gasteiger partial charge is 0.220 e. The van der Waals surface area contributed by atoms with Crippen molar-refractivity contribution in [1.82, 2.24) is 5.32 Å². The molecular formula is C20H33N2O3+. The highest BCUT2D eigenvalue weighted by molar-refractivity contribution is 5.76. The van der Waals surface area contributed by atoms with Crippen molar-refractivity contribution >= 4 is 5.91 Å². The first-order valence-electron chi connectivity index (χ1n) is 9.33. The standard InChI is InChI=1S/C20H32N2O3/c1-22(2)17(16-10-11-18(24-3)19(13-16)25-4)14-21-20(23)12-15-8-6-5-7-9-15/h10-11,13,15,17H,5-9,12,14H2,1-4H3,(H,21,23)/p+1/t17-/m0/s1. The van der Waals surface area contributed by atoms with E-state index in [2.05, 4.69) is 19.4 Å². The van der Waals surface area contributed by atoms with Crippen molar-refractivity contribution in [3.63, 3.8) is 0 Å². The average molecular weight is 349 g/mol. The van der Waals surface area contributed by atoms with Crippen molar-refractivity contribution in [2.75, 3.05) is 34.9 Å². The van der Waals surface area contributed by atoms with Gasteiger partial charge in [-0.25, -0.2) is 0 Å². The molecule has 0 unspecified atom stereocenters. The maximum Gasteiger partial charge on any atom is 0.220 e. The van der Waals surface area contributed by atoms with Gasteiger partial charge < -0.3 is 19.7 Å². The fourth-order valence-corrected chi connectivity index (χ4v) is 3.67. The number of hydrogen-bond acceptors (Lipinski definition) is 3. The van der Waals surface area contributed by atoms with Crippen molar-refractivity contribution in [3.05, 3.63) is 23.8 Å². The Kier molecular flexibility index (Phi) is 7.56. The lowest BCUT2D eigenvalue weighted by Gasteiger charge is -2.24. The SMILES string of the molecule is COc1ccc([C@H](CNC(=O)CC2CCCCC2)[NH+](C)C)cc1OC. The lowest BCUT2D eigenvalue weighted by Crippen LogP contribution is -3.07. The molecule has 140 valence electrons. The predicted octanol–water partition coefficient (Wildman–Crippen LogP) is 1.98. The molecule has 1 fully saturated rings. The third kappa shape index (κ3) is 5.63. The number of carbonyl (C=O) groups is 1. The van der Waals surface area contributed by atoms with Crippen LogP contribution in [0.15, 0.2) is 18.2 Å². The molecular weight excluding hydrogens is 316 g/mol. The van der Waals surface area contributed by atoms with Gasteiger partial charge in [0.05, 0.1) is 34.9 Å². The highest BCUT2D eigenvalue weighted by Gasteiger charge is 2.22. The molecule has 2 rings (SSSR count). The number of amides is 1. The number of carbonyl (C=O) groups excluding carboxylic acids is 1. The van der Waals surface area contributed by atoms with Crippen molar-refractivity contribution in [1.29, 1.82) is 0 Å². The second-order valence-electron chi connectivity index (χ2n) is 7.26. The molecule has 1 saturated carbocycles. The largest absolute Gasteiger partial charge is 0.493 e. The maximum atomic E-state index is 12.3. The van der Waals surface area contributed by atoms with Crippen molar-refractivity contribution in [2.45, 2.75) is 44.6 Å². The summed E-state index contributed by atoms with van der Waals surface area (Å²) in [5.74, 6) is 2.19. The topological polar surface area (TPSA) is 52.0 Å². The van der Waals surface area contributed by atoms with Crippen LogP contribution in [0.4, 0.5) is 0 Å². The lowest BCUT2D eigenvalue weighted by molar-refractivity contribution is -0.890. The van der Waals surface area contributed by atoms with Crippen LogP contribution in [-0.4, -0.2) is 40.8 Å². The van der Waals surface area contributed by atoms with Gasteiger partial charge in [-0.15, -0.1) is 0 Å². The van der Waals surface area contributed by atoms with Gasteiger partial charge in [-0.1, -0.05) is 19.3 Å². The zero-order valence-corrected chi connectivity index (χ0v) is 16.1. The Balaban J connectivity index is 1.97. The van der Waals surface area contributed by atoms with E-state index in [1.54, 1.807) is 14.2 Å². The summed E-state index contributed by atoms with van der Waals surface area (Å²) in [4.78, 5) is 13.6. The van der Waals surface area contributed by atoms with E-state index < -0.39 is 0 Å². The highest BCUT2D eigenvalue weighted by atomic mass is 16.5. The van der Waals surface area contributed by atoms with E-state index in [0.29, 0.717) is 18.9 Å². The number of ether oxygens (including phenoxy) is 2. The van der Waals surface area contributed by atoms with E-state index in [-0.39, 0.29) is 11.9 Å². The predicted molar refractivity (Wildman–Crippen MR) is 99.3 cm³/mol. The van der Waals surface area contributed by atoms with Gasteiger partial charge in [0.25, 0.3) is 0 Å². The Hall–Kier alpha value is -1.75. The average Bonchev–Trinajstić information content (AvgIpc) is 2.62. The fraction of sp³-hybridized carbons (Fsp3) is 0.650. The van der Waals surface area contributed by atoms with Crippen LogP contribution in [0.1, 0.15) is 50.1 Å². The molecule has 0 aromatic heterocycles. The van der Waals surface area contributed by atoms with E-state index in [4.69, 9.17) is 9.47 Å². The van der Waals surface area contributed by atoms with Gasteiger partial charge >= 0.3 is 0 Å².